The Morgan fingerprint density at radius 1 is 1.05 bits per heavy atom. The van der Waals surface area contributed by atoms with Gasteiger partial charge in [0.05, 0.1) is 5.52 Å². The van der Waals surface area contributed by atoms with Crippen LogP contribution in [0.2, 0.25) is 0 Å². The number of pyridine rings is 1. The van der Waals surface area contributed by atoms with E-state index >= 15 is 0 Å². The third-order valence-electron chi connectivity index (χ3n) is 4.03. The molecule has 1 fully saturated rings. The molecule has 3 heterocycles. The van der Waals surface area contributed by atoms with E-state index in [4.69, 9.17) is 9.97 Å². The molecule has 0 unspecified atom stereocenters. The number of nitrogens with one attached hydrogen (secondary N) is 1. The monoisotopic (exact) mass is 278 g/mol. The average Bonchev–Trinajstić information content (AvgIpc) is 3.16. The Balaban J connectivity index is 1.88. The second-order valence-corrected chi connectivity index (χ2v) is 5.63. The van der Waals surface area contributed by atoms with Crippen LogP contribution in [0.5, 0.6) is 0 Å². The minimum Gasteiger partial charge on any atom is -0.355 e. The number of hydrogen-bond acceptors (Lipinski definition) is 3. The summed E-state index contributed by atoms with van der Waals surface area (Å²) in [5, 5.41) is 0. The number of benzene rings is 1. The van der Waals surface area contributed by atoms with Crippen LogP contribution in [0.15, 0.2) is 36.4 Å². The third kappa shape index (κ3) is 2.17. The first-order valence-electron chi connectivity index (χ1n) is 7.49. The van der Waals surface area contributed by atoms with Gasteiger partial charge in [-0.2, -0.15) is 0 Å². The van der Waals surface area contributed by atoms with Gasteiger partial charge in [-0.15, -0.1) is 0 Å². The fourth-order valence-electron chi connectivity index (χ4n) is 3.00. The maximum atomic E-state index is 4.81. The first-order chi connectivity index (χ1) is 10.3. The summed E-state index contributed by atoms with van der Waals surface area (Å²) in [4.78, 5) is 15.3. The van der Waals surface area contributed by atoms with Gasteiger partial charge in [0.15, 0.2) is 5.82 Å². The van der Waals surface area contributed by atoms with Gasteiger partial charge in [0.1, 0.15) is 11.3 Å². The lowest BCUT2D eigenvalue weighted by Gasteiger charge is -2.16. The Morgan fingerprint density at radius 2 is 1.81 bits per heavy atom. The molecule has 0 aliphatic carbocycles. The highest BCUT2D eigenvalue weighted by Crippen LogP contribution is 2.29. The normalized spacial score (nSPS) is 15.0. The van der Waals surface area contributed by atoms with Crippen LogP contribution in [0.3, 0.4) is 0 Å². The second-order valence-electron chi connectivity index (χ2n) is 5.63. The first-order valence-corrected chi connectivity index (χ1v) is 7.49. The van der Waals surface area contributed by atoms with Crippen LogP contribution in [0.4, 0.5) is 5.82 Å². The van der Waals surface area contributed by atoms with Crippen molar-refractivity contribution in [1.29, 1.82) is 0 Å². The second kappa shape index (κ2) is 4.88. The molecule has 0 bridgehead atoms. The molecular formula is C17H18N4. The van der Waals surface area contributed by atoms with Crippen molar-refractivity contribution in [3.63, 3.8) is 0 Å². The number of imidazole rings is 1. The fourth-order valence-corrected chi connectivity index (χ4v) is 3.00. The predicted octanol–water partition coefficient (Wildman–Crippen LogP) is 3.53. The van der Waals surface area contributed by atoms with Crippen molar-refractivity contribution in [1.82, 2.24) is 15.0 Å². The van der Waals surface area contributed by atoms with Crippen molar-refractivity contribution < 1.29 is 0 Å². The number of rotatable bonds is 2. The van der Waals surface area contributed by atoms with E-state index in [-0.39, 0.29) is 0 Å². The quantitative estimate of drug-likeness (QED) is 0.780. The number of anilines is 1. The predicted molar refractivity (Wildman–Crippen MR) is 85.5 cm³/mol. The standard InChI is InChI=1S/C17H18N4/c1-12-11-14-15(17(18-12)21-9-5-6-10-21)20-16(19-14)13-7-3-2-4-8-13/h2-4,7-8,11H,5-6,9-10H2,1H3,(H,19,20). The number of aromatic amines is 1. The SMILES string of the molecule is Cc1cc2[nH]c(-c3ccccc3)nc2c(N2CCCC2)n1. The zero-order valence-corrected chi connectivity index (χ0v) is 12.1. The van der Waals surface area contributed by atoms with Gasteiger partial charge in [-0.05, 0) is 25.8 Å². The summed E-state index contributed by atoms with van der Waals surface area (Å²) < 4.78 is 0. The Hall–Kier alpha value is -2.36. The molecule has 1 aromatic carbocycles. The van der Waals surface area contributed by atoms with E-state index in [1.807, 2.05) is 25.1 Å². The van der Waals surface area contributed by atoms with E-state index in [0.717, 1.165) is 47.0 Å². The van der Waals surface area contributed by atoms with Gasteiger partial charge in [-0.3, -0.25) is 0 Å². The van der Waals surface area contributed by atoms with Crippen LogP contribution in [0, 0.1) is 6.92 Å². The summed E-state index contributed by atoms with van der Waals surface area (Å²) in [7, 11) is 0. The van der Waals surface area contributed by atoms with E-state index < -0.39 is 0 Å². The molecule has 1 saturated heterocycles. The lowest BCUT2D eigenvalue weighted by atomic mass is 10.2. The van der Waals surface area contributed by atoms with E-state index in [2.05, 4.69) is 28.1 Å². The Kier molecular flexibility index (Phi) is 2.88. The molecule has 4 nitrogen and oxygen atoms in total. The largest absolute Gasteiger partial charge is 0.355 e. The molecule has 0 radical (unpaired) electrons. The Morgan fingerprint density at radius 3 is 2.57 bits per heavy atom. The van der Waals surface area contributed by atoms with Crippen molar-refractivity contribution in [2.45, 2.75) is 19.8 Å². The van der Waals surface area contributed by atoms with Crippen LogP contribution < -0.4 is 4.90 Å². The number of hydrogen-bond donors (Lipinski definition) is 1. The molecule has 0 saturated carbocycles. The molecule has 4 heteroatoms. The minimum atomic E-state index is 0.915. The number of fused-ring (bicyclic) bond motifs is 1. The zero-order valence-electron chi connectivity index (χ0n) is 12.1. The van der Waals surface area contributed by atoms with Crippen molar-refractivity contribution >= 4 is 16.9 Å². The number of H-pyrrole nitrogens is 1. The van der Waals surface area contributed by atoms with Crippen LogP contribution in [-0.4, -0.2) is 28.0 Å². The van der Waals surface area contributed by atoms with Gasteiger partial charge in [-0.25, -0.2) is 9.97 Å². The molecule has 0 atom stereocenters. The zero-order chi connectivity index (χ0) is 14.2. The molecule has 21 heavy (non-hydrogen) atoms. The topological polar surface area (TPSA) is 44.8 Å². The summed E-state index contributed by atoms with van der Waals surface area (Å²) in [6.45, 7) is 4.21. The van der Waals surface area contributed by atoms with Gasteiger partial charge in [-0.1, -0.05) is 30.3 Å². The molecule has 106 valence electrons. The molecule has 0 amide bonds. The molecule has 0 spiro atoms. The van der Waals surface area contributed by atoms with Crippen LogP contribution in [0.25, 0.3) is 22.4 Å². The Bertz CT molecular complexity index is 770. The summed E-state index contributed by atoms with van der Waals surface area (Å²) in [5.41, 5.74) is 4.20. The molecule has 1 N–H and O–H groups in total. The van der Waals surface area contributed by atoms with Crippen LogP contribution >= 0.6 is 0 Å². The average molecular weight is 278 g/mol. The lowest BCUT2D eigenvalue weighted by molar-refractivity contribution is 0.936. The van der Waals surface area contributed by atoms with Crippen molar-refractivity contribution in [3.8, 4) is 11.4 Å². The Labute approximate surface area is 123 Å². The molecule has 1 aliphatic rings. The minimum absolute atomic E-state index is 0.915. The summed E-state index contributed by atoms with van der Waals surface area (Å²) in [6, 6.07) is 12.3. The van der Waals surface area contributed by atoms with Gasteiger partial charge in [0.25, 0.3) is 0 Å². The van der Waals surface area contributed by atoms with E-state index in [9.17, 15) is 0 Å². The maximum Gasteiger partial charge on any atom is 0.157 e. The number of aryl methyl sites for hydroxylation is 1. The molecular weight excluding hydrogens is 260 g/mol. The summed E-state index contributed by atoms with van der Waals surface area (Å²) in [5.74, 6) is 1.94. The van der Waals surface area contributed by atoms with Crippen molar-refractivity contribution in [2.24, 2.45) is 0 Å². The number of nitrogens with zero attached hydrogens (tertiary/aromatic N) is 3. The maximum absolute atomic E-state index is 4.81. The van der Waals surface area contributed by atoms with Crippen LogP contribution in [0.1, 0.15) is 18.5 Å². The molecule has 1 aliphatic heterocycles. The molecule has 4 rings (SSSR count). The lowest BCUT2D eigenvalue weighted by Crippen LogP contribution is -2.19. The molecule has 2 aromatic heterocycles. The first kappa shape index (κ1) is 12.4. The van der Waals surface area contributed by atoms with Gasteiger partial charge in [0.2, 0.25) is 0 Å². The van der Waals surface area contributed by atoms with Gasteiger partial charge < -0.3 is 9.88 Å². The summed E-state index contributed by atoms with van der Waals surface area (Å²) in [6.07, 6.45) is 2.49. The van der Waals surface area contributed by atoms with Crippen molar-refractivity contribution in [3.05, 3.63) is 42.1 Å². The highest BCUT2D eigenvalue weighted by atomic mass is 15.2. The van der Waals surface area contributed by atoms with Crippen molar-refractivity contribution in [2.75, 3.05) is 18.0 Å². The highest BCUT2D eigenvalue weighted by Gasteiger charge is 2.19. The number of aromatic nitrogens is 3. The van der Waals surface area contributed by atoms with E-state index in [0.29, 0.717) is 0 Å². The highest BCUT2D eigenvalue weighted by molar-refractivity contribution is 5.89. The third-order valence-corrected chi connectivity index (χ3v) is 4.03. The molecule has 3 aromatic rings. The fraction of sp³-hybridized carbons (Fsp3) is 0.294. The van der Waals surface area contributed by atoms with Gasteiger partial charge in [0, 0.05) is 24.3 Å². The summed E-state index contributed by atoms with van der Waals surface area (Å²) >= 11 is 0. The van der Waals surface area contributed by atoms with Crippen LogP contribution in [-0.2, 0) is 0 Å². The van der Waals surface area contributed by atoms with E-state index in [1.54, 1.807) is 0 Å². The smallest absolute Gasteiger partial charge is 0.157 e. The van der Waals surface area contributed by atoms with E-state index in [1.165, 1.54) is 12.8 Å². The van der Waals surface area contributed by atoms with Gasteiger partial charge >= 0.3 is 0 Å².